The van der Waals surface area contributed by atoms with Gasteiger partial charge >= 0.3 is 14.2 Å². The van der Waals surface area contributed by atoms with E-state index in [1.54, 1.807) is 19.1 Å². The van der Waals surface area contributed by atoms with Crippen molar-refractivity contribution in [1.29, 1.82) is 0 Å². The number of primary amides is 2. The number of amides is 2. The van der Waals surface area contributed by atoms with Crippen LogP contribution in [0.5, 0.6) is 0 Å². The molecule has 0 heterocycles. The van der Waals surface area contributed by atoms with Crippen molar-refractivity contribution in [3.05, 3.63) is 124 Å². The van der Waals surface area contributed by atoms with E-state index in [0.29, 0.717) is 43.8 Å². The SMILES string of the molecule is C=C/C(CN(Cc1c2ccccc2c(CN(CC(=C/C)/C(=C\C)B(O)N=O)CC(C)(C)C(C)(C)C(N)=O)c2ccccc12)CC(C)(C)C(C)(C)C(N)=O)=C(\C=C)B(O)O. The van der Waals surface area contributed by atoms with Crippen molar-refractivity contribution in [3.63, 3.8) is 0 Å². The lowest BCUT2D eigenvalue weighted by Crippen LogP contribution is -2.50. The summed E-state index contributed by atoms with van der Waals surface area (Å²) >= 11 is 0. The molecule has 7 N–H and O–H groups in total. The van der Waals surface area contributed by atoms with Gasteiger partial charge in [0.05, 0.1) is 0 Å². The van der Waals surface area contributed by atoms with Crippen LogP contribution in [0.3, 0.4) is 0 Å². The Balaban J connectivity index is 2.38. The number of hydrogen-bond acceptors (Lipinski definition) is 9. The van der Waals surface area contributed by atoms with Crippen LogP contribution in [0.1, 0.15) is 80.4 Å². The van der Waals surface area contributed by atoms with Crippen LogP contribution in [0.25, 0.3) is 21.5 Å². The van der Waals surface area contributed by atoms with Gasteiger partial charge in [-0.05, 0) is 79.4 Å². The molecule has 3 rings (SSSR count). The highest BCUT2D eigenvalue weighted by atomic mass is 16.4. The van der Waals surface area contributed by atoms with Crippen molar-refractivity contribution < 1.29 is 24.7 Å². The summed E-state index contributed by atoms with van der Waals surface area (Å²) in [6, 6.07) is 16.4. The Morgan fingerprint density at radius 2 is 1.08 bits per heavy atom. The quantitative estimate of drug-likeness (QED) is 0.0310. The second-order valence-electron chi connectivity index (χ2n) is 17.9. The first-order valence-corrected chi connectivity index (χ1v) is 20.1. The summed E-state index contributed by atoms with van der Waals surface area (Å²) in [6.45, 7) is 29.2. The Morgan fingerprint density at radius 1 is 0.695 bits per heavy atom. The van der Waals surface area contributed by atoms with Gasteiger partial charge < -0.3 is 26.5 Å². The molecule has 3 aromatic carbocycles. The van der Waals surface area contributed by atoms with Gasteiger partial charge in [0.2, 0.25) is 11.8 Å². The van der Waals surface area contributed by atoms with Crippen molar-refractivity contribution in [2.75, 3.05) is 26.2 Å². The van der Waals surface area contributed by atoms with E-state index in [2.05, 4.69) is 52.3 Å². The van der Waals surface area contributed by atoms with Gasteiger partial charge in [-0.3, -0.25) is 19.4 Å². The smallest absolute Gasteiger partial charge is 0.425 e. The molecule has 0 bridgehead atoms. The van der Waals surface area contributed by atoms with E-state index in [-0.39, 0.29) is 12.0 Å². The lowest BCUT2D eigenvalue weighted by atomic mass is 9.66. The van der Waals surface area contributed by atoms with E-state index < -0.39 is 47.6 Å². The minimum atomic E-state index is -1.76. The van der Waals surface area contributed by atoms with E-state index in [1.807, 2.05) is 92.7 Å². The molecule has 0 atom stereocenters. The highest BCUT2D eigenvalue weighted by molar-refractivity contribution is 6.58. The molecule has 3 aromatic rings. The van der Waals surface area contributed by atoms with E-state index in [4.69, 9.17) is 11.5 Å². The Labute approximate surface area is 351 Å². The fourth-order valence-electron chi connectivity index (χ4n) is 7.68. The molecule has 0 aliphatic heterocycles. The third-order valence-corrected chi connectivity index (χ3v) is 13.1. The van der Waals surface area contributed by atoms with Crippen LogP contribution in [-0.4, -0.2) is 77.0 Å². The minimum Gasteiger partial charge on any atom is -0.425 e. The summed E-state index contributed by atoms with van der Waals surface area (Å²) in [5.74, 6) is -0.843. The third kappa shape index (κ3) is 10.6. The van der Waals surface area contributed by atoms with Gasteiger partial charge in [0.25, 0.3) is 0 Å². The molecule has 0 unspecified atom stereocenters. The summed E-state index contributed by atoms with van der Waals surface area (Å²) < 4.78 is 0. The van der Waals surface area contributed by atoms with Crippen LogP contribution in [0.15, 0.2) is 113 Å². The fraction of sp³-hybridized carbons (Fsp3) is 0.435. The molecule has 316 valence electrons. The molecule has 0 radical (unpaired) electrons. The van der Waals surface area contributed by atoms with Crippen LogP contribution in [0, 0.1) is 26.6 Å². The second-order valence-corrected chi connectivity index (χ2v) is 17.9. The lowest BCUT2D eigenvalue weighted by molar-refractivity contribution is -0.133. The molecule has 0 saturated heterocycles. The van der Waals surface area contributed by atoms with Gasteiger partial charge in [-0.1, -0.05) is 146 Å². The Hall–Kier alpha value is -4.65. The van der Waals surface area contributed by atoms with Gasteiger partial charge in [-0.15, -0.1) is 0 Å². The number of carbonyl (C=O) groups excluding carboxylic acids is 2. The predicted octanol–water partition coefficient (Wildman–Crippen LogP) is 7.03. The van der Waals surface area contributed by atoms with Gasteiger partial charge in [0.15, 0.2) is 0 Å². The maximum absolute atomic E-state index is 12.8. The lowest BCUT2D eigenvalue weighted by Gasteiger charge is -2.43. The summed E-state index contributed by atoms with van der Waals surface area (Å²) in [5.41, 5.74) is 13.0. The number of rotatable bonds is 22. The molecule has 11 nitrogen and oxygen atoms in total. The zero-order chi connectivity index (χ0) is 44.7. The van der Waals surface area contributed by atoms with E-state index in [9.17, 15) is 29.6 Å². The summed E-state index contributed by atoms with van der Waals surface area (Å²) in [5, 5.41) is 38.1. The summed E-state index contributed by atoms with van der Waals surface area (Å²) in [6.07, 6.45) is 6.59. The molecule has 0 fully saturated rings. The molecular weight excluding hydrogens is 740 g/mol. The van der Waals surface area contributed by atoms with Crippen molar-refractivity contribution >= 4 is 47.5 Å². The molecule has 0 aliphatic carbocycles. The summed E-state index contributed by atoms with van der Waals surface area (Å²) in [7, 11) is -3.30. The van der Waals surface area contributed by atoms with Crippen molar-refractivity contribution in [1.82, 2.24) is 9.80 Å². The third-order valence-electron chi connectivity index (χ3n) is 13.1. The molecule has 0 spiro atoms. The number of nitrogens with two attached hydrogens (primary N) is 2. The van der Waals surface area contributed by atoms with Crippen molar-refractivity contribution in [3.8, 4) is 0 Å². The van der Waals surface area contributed by atoms with Gasteiger partial charge in [0, 0.05) is 50.1 Å². The first kappa shape index (κ1) is 48.7. The maximum Gasteiger partial charge on any atom is 0.517 e. The van der Waals surface area contributed by atoms with Gasteiger partial charge in [0.1, 0.15) is 0 Å². The molecule has 0 saturated carbocycles. The fourth-order valence-corrected chi connectivity index (χ4v) is 7.68. The first-order chi connectivity index (χ1) is 27.5. The maximum atomic E-state index is 12.8. The standard InChI is InChI=1S/C46H65B2N5O6/c1-13-31(39(15-3)47(56)51-59)25-52(29-43(5,6)45(9,10)41(49)54)27-37-33-21-17-19-23-35(33)38(36-24-20-18-22-34(36)37)28-53(26-32(14-2)40(16-4)48(57)58)30-44(7,8)46(11,12)42(50)55/h13-24,56-58H,2,4,25-30H2,1,3,5-12H3,(H2,49,54)(H2,50,55)/b31-13-,39-15+,40-32-. The van der Waals surface area contributed by atoms with Crippen LogP contribution >= 0.6 is 0 Å². The predicted molar refractivity (Wildman–Crippen MR) is 244 cm³/mol. The number of nitroso groups, excluding NO2 is 1. The largest absolute Gasteiger partial charge is 0.517 e. The minimum absolute atomic E-state index is 0.238. The number of benzene rings is 3. The zero-order valence-electron chi connectivity index (χ0n) is 36.8. The highest BCUT2D eigenvalue weighted by Gasteiger charge is 2.44. The second kappa shape index (κ2) is 19.6. The van der Waals surface area contributed by atoms with E-state index in [1.165, 1.54) is 6.08 Å². The van der Waals surface area contributed by atoms with Gasteiger partial charge in [-0.25, -0.2) is 0 Å². The van der Waals surface area contributed by atoms with Crippen LogP contribution in [0.2, 0.25) is 0 Å². The number of nitrogens with zero attached hydrogens (tertiary/aromatic N) is 3. The normalized spacial score (nSPS) is 13.8. The molecule has 2 amide bonds. The Kier molecular flexibility index (Phi) is 16.2. The molecule has 0 aromatic heterocycles. The summed E-state index contributed by atoms with van der Waals surface area (Å²) in [4.78, 5) is 41.6. The molecule has 59 heavy (non-hydrogen) atoms. The van der Waals surface area contributed by atoms with Gasteiger partial charge in [-0.2, -0.15) is 4.91 Å². The first-order valence-electron chi connectivity index (χ1n) is 20.1. The average Bonchev–Trinajstić information content (AvgIpc) is 3.17. The van der Waals surface area contributed by atoms with Crippen molar-refractivity contribution in [2.24, 2.45) is 38.2 Å². The molecule has 0 aliphatic rings. The number of fused-ring (bicyclic) bond motifs is 2. The Morgan fingerprint density at radius 3 is 1.37 bits per heavy atom. The molecular formula is C46H65B2N5O6. The highest BCUT2D eigenvalue weighted by Crippen LogP contribution is 2.42. The number of hydrogen-bond donors (Lipinski definition) is 5. The zero-order valence-corrected chi connectivity index (χ0v) is 36.8. The average molecular weight is 806 g/mol. The van der Waals surface area contributed by atoms with Crippen LogP contribution in [-0.2, 0) is 22.7 Å². The van der Waals surface area contributed by atoms with E-state index in [0.717, 1.165) is 38.2 Å². The van der Waals surface area contributed by atoms with Crippen molar-refractivity contribution in [2.45, 2.75) is 82.3 Å². The number of allylic oxidation sites excluding steroid dienone is 4. The monoisotopic (exact) mass is 806 g/mol. The van der Waals surface area contributed by atoms with Crippen LogP contribution < -0.4 is 11.5 Å². The van der Waals surface area contributed by atoms with E-state index >= 15 is 0 Å². The van der Waals surface area contributed by atoms with Crippen LogP contribution in [0.4, 0.5) is 0 Å². The topological polar surface area (TPSA) is 183 Å². The number of carbonyl (C=O) groups is 2. The molecule has 13 heteroatoms. The Bertz CT molecular complexity index is 2100.